The lowest BCUT2D eigenvalue weighted by Gasteiger charge is -2.55. The summed E-state index contributed by atoms with van der Waals surface area (Å²) in [4.78, 5) is 28.9. The Morgan fingerprint density at radius 1 is 1.11 bits per heavy atom. The predicted molar refractivity (Wildman–Crippen MR) is 105 cm³/mol. The fourth-order valence-corrected chi connectivity index (χ4v) is 5.66. The van der Waals surface area contributed by atoms with Crippen molar-refractivity contribution in [1.29, 1.82) is 0 Å². The Morgan fingerprint density at radius 3 is 2.63 bits per heavy atom. The van der Waals surface area contributed by atoms with Crippen molar-refractivity contribution < 1.29 is 9.59 Å². The molecule has 2 amide bonds. The van der Waals surface area contributed by atoms with Gasteiger partial charge in [0.1, 0.15) is 6.04 Å². The molecule has 3 fully saturated rings. The largest absolute Gasteiger partial charge is 0.345 e. The number of benzene rings is 1. The minimum absolute atomic E-state index is 0.0729. The first-order chi connectivity index (χ1) is 13.0. The molecule has 3 aliphatic heterocycles. The first-order valence-corrected chi connectivity index (χ1v) is 10.4. The molecule has 1 aromatic carbocycles. The topological polar surface area (TPSA) is 52.7 Å². The SMILES string of the molecule is CC(=O)N[C@@H](C)C(=O)N1C[C@@H]2C[C@H](C1)[C@@H]1CCC[C@H](c3ccccc3)N1C2. The fourth-order valence-electron chi connectivity index (χ4n) is 5.66. The van der Waals surface area contributed by atoms with E-state index < -0.39 is 6.04 Å². The molecule has 5 nitrogen and oxygen atoms in total. The van der Waals surface area contributed by atoms with E-state index in [1.54, 1.807) is 6.92 Å². The summed E-state index contributed by atoms with van der Waals surface area (Å²) >= 11 is 0. The van der Waals surface area contributed by atoms with Gasteiger partial charge < -0.3 is 10.2 Å². The van der Waals surface area contributed by atoms with Gasteiger partial charge in [-0.25, -0.2) is 0 Å². The Kier molecular flexibility index (Phi) is 5.22. The molecule has 0 aliphatic carbocycles. The molecule has 146 valence electrons. The van der Waals surface area contributed by atoms with E-state index in [0.29, 0.717) is 23.9 Å². The van der Waals surface area contributed by atoms with E-state index >= 15 is 0 Å². The minimum atomic E-state index is -0.430. The fraction of sp³-hybridized carbons (Fsp3) is 0.636. The van der Waals surface area contributed by atoms with E-state index in [4.69, 9.17) is 0 Å². The Hall–Kier alpha value is -1.88. The van der Waals surface area contributed by atoms with Crippen LogP contribution in [0.2, 0.25) is 0 Å². The van der Waals surface area contributed by atoms with Gasteiger partial charge in [-0.1, -0.05) is 30.3 Å². The van der Waals surface area contributed by atoms with Crippen molar-refractivity contribution in [1.82, 2.24) is 15.1 Å². The zero-order valence-electron chi connectivity index (χ0n) is 16.4. The normalized spacial score (nSPS) is 31.7. The molecule has 5 heteroatoms. The van der Waals surface area contributed by atoms with Crippen LogP contribution in [0, 0.1) is 11.8 Å². The highest BCUT2D eigenvalue weighted by Gasteiger charge is 2.46. The number of hydrogen-bond acceptors (Lipinski definition) is 3. The maximum Gasteiger partial charge on any atom is 0.244 e. The maximum absolute atomic E-state index is 12.8. The van der Waals surface area contributed by atoms with Gasteiger partial charge in [0.15, 0.2) is 0 Å². The summed E-state index contributed by atoms with van der Waals surface area (Å²) in [6, 6.07) is 11.6. The van der Waals surface area contributed by atoms with Gasteiger partial charge in [-0.15, -0.1) is 0 Å². The molecule has 3 aliphatic rings. The molecule has 0 saturated carbocycles. The molecule has 0 radical (unpaired) electrons. The van der Waals surface area contributed by atoms with Gasteiger partial charge in [0.2, 0.25) is 11.8 Å². The van der Waals surface area contributed by atoms with Gasteiger partial charge in [0.25, 0.3) is 0 Å². The lowest BCUT2D eigenvalue weighted by atomic mass is 9.74. The van der Waals surface area contributed by atoms with Gasteiger partial charge in [-0.3, -0.25) is 14.5 Å². The van der Waals surface area contributed by atoms with Crippen molar-refractivity contribution >= 4 is 11.8 Å². The highest BCUT2D eigenvalue weighted by atomic mass is 16.2. The lowest BCUT2D eigenvalue weighted by Crippen LogP contribution is -2.61. The average molecular weight is 370 g/mol. The maximum atomic E-state index is 12.8. The second kappa shape index (κ2) is 7.63. The third-order valence-corrected chi connectivity index (χ3v) is 6.67. The van der Waals surface area contributed by atoms with Crippen LogP contribution < -0.4 is 5.32 Å². The highest BCUT2D eigenvalue weighted by Crippen LogP contribution is 2.44. The van der Waals surface area contributed by atoms with Crippen LogP contribution in [0.25, 0.3) is 0 Å². The number of likely N-dealkylation sites (tertiary alicyclic amines) is 1. The number of nitrogens with one attached hydrogen (secondary N) is 1. The quantitative estimate of drug-likeness (QED) is 0.891. The van der Waals surface area contributed by atoms with E-state index in [2.05, 4.69) is 40.5 Å². The van der Waals surface area contributed by atoms with Crippen molar-refractivity contribution in [3.8, 4) is 0 Å². The molecule has 2 bridgehead atoms. The van der Waals surface area contributed by atoms with E-state index in [-0.39, 0.29) is 11.8 Å². The molecule has 0 spiro atoms. The van der Waals surface area contributed by atoms with Crippen molar-refractivity contribution in [3.05, 3.63) is 35.9 Å². The Balaban J connectivity index is 1.48. The van der Waals surface area contributed by atoms with Crippen LogP contribution in [-0.4, -0.2) is 53.3 Å². The molecular weight excluding hydrogens is 338 g/mol. The average Bonchev–Trinajstić information content (AvgIpc) is 2.67. The lowest BCUT2D eigenvalue weighted by molar-refractivity contribution is -0.142. The van der Waals surface area contributed by atoms with Crippen molar-refractivity contribution in [2.24, 2.45) is 11.8 Å². The number of amides is 2. The zero-order valence-corrected chi connectivity index (χ0v) is 16.4. The number of hydrogen-bond donors (Lipinski definition) is 1. The Bertz CT molecular complexity index is 692. The minimum Gasteiger partial charge on any atom is -0.345 e. The van der Waals surface area contributed by atoms with Crippen molar-refractivity contribution in [3.63, 3.8) is 0 Å². The summed E-state index contributed by atoms with van der Waals surface area (Å²) in [6.07, 6.45) is 4.98. The van der Waals surface area contributed by atoms with Gasteiger partial charge in [0, 0.05) is 38.6 Å². The zero-order chi connectivity index (χ0) is 19.0. The smallest absolute Gasteiger partial charge is 0.244 e. The van der Waals surface area contributed by atoms with Crippen LogP contribution in [0.15, 0.2) is 30.3 Å². The van der Waals surface area contributed by atoms with Crippen LogP contribution in [0.5, 0.6) is 0 Å². The molecule has 1 N–H and O–H groups in total. The molecule has 4 rings (SSSR count). The number of piperidine rings is 3. The summed E-state index contributed by atoms with van der Waals surface area (Å²) in [5.41, 5.74) is 1.44. The number of fused-ring (bicyclic) bond motifs is 4. The second-order valence-corrected chi connectivity index (χ2v) is 8.65. The van der Waals surface area contributed by atoms with E-state index in [1.165, 1.54) is 38.2 Å². The van der Waals surface area contributed by atoms with Crippen LogP contribution in [-0.2, 0) is 9.59 Å². The molecular formula is C22H31N3O2. The van der Waals surface area contributed by atoms with Crippen molar-refractivity contribution in [2.75, 3.05) is 19.6 Å². The van der Waals surface area contributed by atoms with Crippen LogP contribution in [0.4, 0.5) is 0 Å². The van der Waals surface area contributed by atoms with E-state index in [9.17, 15) is 9.59 Å². The molecule has 0 unspecified atom stereocenters. The Morgan fingerprint density at radius 2 is 1.89 bits per heavy atom. The van der Waals surface area contributed by atoms with Gasteiger partial charge in [-0.05, 0) is 50.0 Å². The third kappa shape index (κ3) is 3.75. The first kappa shape index (κ1) is 18.5. The predicted octanol–water partition coefficient (Wildman–Crippen LogP) is 2.59. The molecule has 27 heavy (non-hydrogen) atoms. The summed E-state index contributed by atoms with van der Waals surface area (Å²) in [7, 11) is 0. The molecule has 3 heterocycles. The summed E-state index contributed by atoms with van der Waals surface area (Å²) in [5.74, 6) is 1.02. The van der Waals surface area contributed by atoms with Gasteiger partial charge in [-0.2, -0.15) is 0 Å². The second-order valence-electron chi connectivity index (χ2n) is 8.65. The molecule has 5 atom stereocenters. The van der Waals surface area contributed by atoms with E-state index in [0.717, 1.165) is 19.6 Å². The van der Waals surface area contributed by atoms with Crippen LogP contribution >= 0.6 is 0 Å². The van der Waals surface area contributed by atoms with Gasteiger partial charge in [0.05, 0.1) is 0 Å². The van der Waals surface area contributed by atoms with Crippen LogP contribution in [0.3, 0.4) is 0 Å². The molecule has 0 aromatic heterocycles. The van der Waals surface area contributed by atoms with Crippen LogP contribution in [0.1, 0.15) is 51.1 Å². The molecule has 3 saturated heterocycles. The molecule has 1 aromatic rings. The van der Waals surface area contributed by atoms with Gasteiger partial charge >= 0.3 is 0 Å². The number of carbonyl (C=O) groups excluding carboxylic acids is 2. The Labute approximate surface area is 162 Å². The first-order valence-electron chi connectivity index (χ1n) is 10.4. The summed E-state index contributed by atoms with van der Waals surface area (Å²) in [5, 5.41) is 2.75. The summed E-state index contributed by atoms with van der Waals surface area (Å²) in [6.45, 7) is 6.01. The summed E-state index contributed by atoms with van der Waals surface area (Å²) < 4.78 is 0. The third-order valence-electron chi connectivity index (χ3n) is 6.67. The number of nitrogens with zero attached hydrogens (tertiary/aromatic N) is 2. The monoisotopic (exact) mass is 369 g/mol. The van der Waals surface area contributed by atoms with E-state index in [1.807, 2.05) is 4.90 Å². The van der Waals surface area contributed by atoms with Crippen molar-refractivity contribution in [2.45, 2.75) is 57.7 Å². The standard InChI is InChI=1S/C22H31N3O2/c1-15(23-16(2)26)22(27)24-12-17-11-19(14-24)21-10-6-9-20(25(21)13-17)18-7-4-3-5-8-18/h3-5,7-8,15,17,19-21H,6,9-14H2,1-2H3,(H,23,26)/t15-,17-,19+,20+,21-/m0/s1. The number of carbonyl (C=O) groups is 2. The number of rotatable bonds is 3. The highest BCUT2D eigenvalue weighted by molar-refractivity contribution is 5.86.